The fourth-order valence-electron chi connectivity index (χ4n) is 1.33. The van der Waals surface area contributed by atoms with Crippen molar-refractivity contribution in [1.82, 2.24) is 0 Å². The van der Waals surface area contributed by atoms with Crippen molar-refractivity contribution in [3.63, 3.8) is 0 Å². The molecule has 16 heavy (non-hydrogen) atoms. The number of ether oxygens (including phenoxy) is 1. The first-order valence-corrected chi connectivity index (χ1v) is 4.71. The van der Waals surface area contributed by atoms with Crippen molar-refractivity contribution in [3.8, 4) is 5.75 Å². The number of nitrogens with zero attached hydrogens (tertiary/aromatic N) is 1. The van der Waals surface area contributed by atoms with Crippen LogP contribution in [0.4, 0.5) is 5.69 Å². The van der Waals surface area contributed by atoms with E-state index in [9.17, 15) is 4.79 Å². The molecule has 0 atom stereocenters. The van der Waals surface area contributed by atoms with E-state index < -0.39 is 5.97 Å². The molecule has 0 amide bonds. The van der Waals surface area contributed by atoms with Crippen LogP contribution in [0.5, 0.6) is 5.75 Å². The van der Waals surface area contributed by atoms with Crippen molar-refractivity contribution in [3.05, 3.63) is 24.3 Å². The van der Waals surface area contributed by atoms with E-state index in [0.717, 1.165) is 11.4 Å². The van der Waals surface area contributed by atoms with Crippen LogP contribution >= 0.6 is 12.4 Å². The third kappa shape index (κ3) is 3.98. The average molecular weight is 246 g/mol. The molecule has 0 saturated heterocycles. The first-order valence-electron chi connectivity index (χ1n) is 4.71. The van der Waals surface area contributed by atoms with Gasteiger partial charge in [-0.25, -0.2) is 0 Å². The van der Waals surface area contributed by atoms with Gasteiger partial charge in [-0.05, 0) is 12.1 Å². The molecule has 1 N–H and O–H groups in total. The van der Waals surface area contributed by atoms with Gasteiger partial charge >= 0.3 is 5.97 Å². The number of rotatable bonds is 5. The number of carbonyl (C=O) groups is 1. The molecule has 0 aliphatic carbocycles. The minimum atomic E-state index is -0.795. The first-order chi connectivity index (χ1) is 7.15. The number of carboxylic acids is 1. The zero-order chi connectivity index (χ0) is 11.3. The van der Waals surface area contributed by atoms with E-state index in [1.54, 1.807) is 7.11 Å². The smallest absolute Gasteiger partial charge is 0.305 e. The van der Waals surface area contributed by atoms with Gasteiger partial charge < -0.3 is 14.7 Å². The molecule has 1 aromatic carbocycles. The number of hydrogen-bond donors (Lipinski definition) is 1. The molecule has 0 saturated carbocycles. The maximum Gasteiger partial charge on any atom is 0.305 e. The van der Waals surface area contributed by atoms with Crippen LogP contribution in [0.3, 0.4) is 0 Å². The largest absolute Gasteiger partial charge is 0.495 e. The zero-order valence-corrected chi connectivity index (χ0v) is 10.2. The highest BCUT2D eigenvalue weighted by Crippen LogP contribution is 2.26. The maximum atomic E-state index is 10.4. The van der Waals surface area contributed by atoms with Gasteiger partial charge in [0.1, 0.15) is 5.75 Å². The van der Waals surface area contributed by atoms with Crippen LogP contribution < -0.4 is 9.64 Å². The van der Waals surface area contributed by atoms with Gasteiger partial charge in [0.2, 0.25) is 0 Å². The van der Waals surface area contributed by atoms with E-state index in [-0.39, 0.29) is 18.8 Å². The van der Waals surface area contributed by atoms with E-state index >= 15 is 0 Å². The van der Waals surface area contributed by atoms with Crippen LogP contribution in [0.2, 0.25) is 0 Å². The molecule has 0 radical (unpaired) electrons. The molecule has 0 bridgehead atoms. The first kappa shape index (κ1) is 14.6. The lowest BCUT2D eigenvalue weighted by molar-refractivity contribution is -0.136. The molecule has 0 heterocycles. The Morgan fingerprint density at radius 3 is 2.62 bits per heavy atom. The summed E-state index contributed by atoms with van der Waals surface area (Å²) in [6.45, 7) is 0.468. The van der Waals surface area contributed by atoms with Crippen molar-refractivity contribution in [2.75, 3.05) is 25.6 Å². The lowest BCUT2D eigenvalue weighted by Crippen LogP contribution is -2.21. The topological polar surface area (TPSA) is 49.8 Å². The summed E-state index contributed by atoms with van der Waals surface area (Å²) in [4.78, 5) is 12.3. The zero-order valence-electron chi connectivity index (χ0n) is 9.34. The Labute approximate surface area is 101 Å². The summed E-state index contributed by atoms with van der Waals surface area (Å²) >= 11 is 0. The number of methoxy groups -OCH3 is 1. The molecule has 5 heteroatoms. The van der Waals surface area contributed by atoms with Crippen LogP contribution in [0.25, 0.3) is 0 Å². The second-order valence-corrected chi connectivity index (χ2v) is 3.24. The minimum Gasteiger partial charge on any atom is -0.495 e. The quantitative estimate of drug-likeness (QED) is 0.863. The molecule has 0 aliphatic rings. The van der Waals surface area contributed by atoms with E-state index in [2.05, 4.69) is 0 Å². The van der Waals surface area contributed by atoms with Crippen LogP contribution in [-0.4, -0.2) is 31.8 Å². The average Bonchev–Trinajstić information content (AvgIpc) is 2.25. The highest BCUT2D eigenvalue weighted by atomic mass is 35.5. The Balaban J connectivity index is 0.00000225. The standard InChI is InChI=1S/C11H15NO3.ClH/c1-12(8-7-11(13)14)9-5-3-4-6-10(9)15-2;/h3-6H,7-8H2,1-2H3,(H,13,14);1H. The highest BCUT2D eigenvalue weighted by Gasteiger charge is 2.08. The van der Waals surface area contributed by atoms with Gasteiger partial charge in [-0.2, -0.15) is 0 Å². The van der Waals surface area contributed by atoms with Crippen molar-refractivity contribution >= 4 is 24.1 Å². The third-order valence-corrected chi connectivity index (χ3v) is 2.16. The summed E-state index contributed by atoms with van der Waals surface area (Å²) in [6, 6.07) is 7.54. The lowest BCUT2D eigenvalue weighted by atomic mass is 10.2. The van der Waals surface area contributed by atoms with Crippen LogP contribution in [-0.2, 0) is 4.79 Å². The van der Waals surface area contributed by atoms with E-state index in [1.165, 1.54) is 0 Å². The minimum absolute atomic E-state index is 0. The van der Waals surface area contributed by atoms with E-state index in [1.807, 2.05) is 36.2 Å². The second-order valence-electron chi connectivity index (χ2n) is 3.24. The van der Waals surface area contributed by atoms with Crippen LogP contribution in [0.1, 0.15) is 6.42 Å². The van der Waals surface area contributed by atoms with Crippen molar-refractivity contribution in [2.24, 2.45) is 0 Å². The summed E-state index contributed by atoms with van der Waals surface area (Å²) < 4.78 is 5.18. The summed E-state index contributed by atoms with van der Waals surface area (Å²) in [5.41, 5.74) is 0.904. The molecule has 0 aliphatic heterocycles. The number of halogens is 1. The van der Waals surface area contributed by atoms with E-state index in [0.29, 0.717) is 6.54 Å². The maximum absolute atomic E-state index is 10.4. The van der Waals surface area contributed by atoms with Gasteiger partial charge in [0, 0.05) is 13.6 Å². The van der Waals surface area contributed by atoms with Crippen molar-refractivity contribution in [1.29, 1.82) is 0 Å². The van der Waals surface area contributed by atoms with Gasteiger partial charge in [-0.3, -0.25) is 4.79 Å². The number of anilines is 1. The molecule has 90 valence electrons. The molecule has 1 aromatic rings. The van der Waals surface area contributed by atoms with Crippen molar-refractivity contribution < 1.29 is 14.6 Å². The molecule has 4 nitrogen and oxygen atoms in total. The van der Waals surface area contributed by atoms with Crippen LogP contribution in [0.15, 0.2) is 24.3 Å². The fourth-order valence-corrected chi connectivity index (χ4v) is 1.33. The SMILES string of the molecule is COc1ccccc1N(C)CCC(=O)O.Cl. The van der Waals surface area contributed by atoms with Crippen LogP contribution in [0, 0.1) is 0 Å². The molecule has 1 rings (SSSR count). The fraction of sp³-hybridized carbons (Fsp3) is 0.364. The number of para-hydroxylation sites is 2. The van der Waals surface area contributed by atoms with Gasteiger partial charge in [0.05, 0.1) is 19.2 Å². The molecule has 0 unspecified atom stereocenters. The summed E-state index contributed by atoms with van der Waals surface area (Å²) in [6.07, 6.45) is 0.120. The summed E-state index contributed by atoms with van der Waals surface area (Å²) in [5, 5.41) is 8.58. The molecular weight excluding hydrogens is 230 g/mol. The number of aliphatic carboxylic acids is 1. The number of carboxylic acid groups (broad SMARTS) is 1. The Bertz CT molecular complexity index is 344. The Morgan fingerprint density at radius 2 is 2.06 bits per heavy atom. The molecule has 0 spiro atoms. The second kappa shape index (κ2) is 6.95. The van der Waals surface area contributed by atoms with Gasteiger partial charge in [0.25, 0.3) is 0 Å². The van der Waals surface area contributed by atoms with Gasteiger partial charge in [-0.15, -0.1) is 12.4 Å². The third-order valence-electron chi connectivity index (χ3n) is 2.16. The monoisotopic (exact) mass is 245 g/mol. The van der Waals surface area contributed by atoms with Gasteiger partial charge in [0.15, 0.2) is 0 Å². The summed E-state index contributed by atoms with van der Waals surface area (Å²) in [5.74, 6) is -0.0397. The predicted molar refractivity (Wildman–Crippen MR) is 65.8 cm³/mol. The number of benzene rings is 1. The Hall–Kier alpha value is -1.42. The summed E-state index contributed by atoms with van der Waals surface area (Å²) in [7, 11) is 3.45. The van der Waals surface area contributed by atoms with E-state index in [4.69, 9.17) is 9.84 Å². The normalized spacial score (nSPS) is 9.12. The molecule has 0 aromatic heterocycles. The predicted octanol–water partition coefficient (Wildman–Crippen LogP) is 2.03. The van der Waals surface area contributed by atoms with Crippen molar-refractivity contribution in [2.45, 2.75) is 6.42 Å². The Kier molecular flexibility index (Phi) is 6.34. The molecular formula is C11H16ClNO3. The Morgan fingerprint density at radius 1 is 1.44 bits per heavy atom. The highest BCUT2D eigenvalue weighted by molar-refractivity contribution is 5.85. The van der Waals surface area contributed by atoms with Gasteiger partial charge in [-0.1, -0.05) is 12.1 Å². The number of hydrogen-bond acceptors (Lipinski definition) is 3. The molecule has 0 fully saturated rings. The lowest BCUT2D eigenvalue weighted by Gasteiger charge is -2.20.